The van der Waals surface area contributed by atoms with E-state index in [1.807, 2.05) is 19.9 Å². The van der Waals surface area contributed by atoms with Crippen LogP contribution in [-0.4, -0.2) is 13.6 Å². The van der Waals surface area contributed by atoms with E-state index in [-0.39, 0.29) is 22.6 Å². The van der Waals surface area contributed by atoms with Gasteiger partial charge < -0.3 is 4.52 Å². The van der Waals surface area contributed by atoms with Crippen molar-refractivity contribution >= 4 is 10.0 Å². The monoisotopic (exact) mass is 396 g/mol. The number of aryl methyl sites for hydroxylation is 2. The van der Waals surface area contributed by atoms with E-state index in [1.54, 1.807) is 12.1 Å². The van der Waals surface area contributed by atoms with Gasteiger partial charge in [-0.05, 0) is 43.7 Å². The average Bonchev–Trinajstić information content (AvgIpc) is 2.95. The van der Waals surface area contributed by atoms with E-state index in [0.717, 1.165) is 23.3 Å². The van der Waals surface area contributed by atoms with E-state index in [0.29, 0.717) is 5.56 Å². The highest BCUT2D eigenvalue weighted by molar-refractivity contribution is 7.89. The highest BCUT2D eigenvalue weighted by atomic mass is 32.2. The smallest absolute Gasteiger partial charge is 0.243 e. The Morgan fingerprint density at radius 3 is 2.04 bits per heavy atom. The number of nitrogens with zero attached hydrogens (tertiary/aromatic N) is 1. The third-order valence-corrected chi connectivity index (χ3v) is 4.91. The number of aromatic nitrogens is 1. The third kappa shape index (κ3) is 3.60. The molecule has 0 saturated heterocycles. The number of sulfonamides is 1. The molecule has 3 aromatic rings. The zero-order valence-corrected chi connectivity index (χ0v) is 15.2. The highest BCUT2D eigenvalue weighted by Crippen LogP contribution is 2.37. The van der Waals surface area contributed by atoms with Crippen molar-refractivity contribution in [1.29, 1.82) is 0 Å². The Bertz CT molecular complexity index is 1100. The van der Waals surface area contributed by atoms with E-state index in [2.05, 4.69) is 5.16 Å². The Balaban J connectivity index is 2.28. The van der Waals surface area contributed by atoms with Crippen molar-refractivity contribution in [3.05, 3.63) is 58.9 Å². The molecule has 142 valence electrons. The lowest BCUT2D eigenvalue weighted by atomic mass is 9.97. The fourth-order valence-corrected chi connectivity index (χ4v) is 3.66. The van der Waals surface area contributed by atoms with Gasteiger partial charge in [0.1, 0.15) is 17.3 Å². The van der Waals surface area contributed by atoms with Crippen LogP contribution >= 0.6 is 0 Å². The van der Waals surface area contributed by atoms with Crippen LogP contribution in [0.5, 0.6) is 0 Å². The molecule has 0 aliphatic heterocycles. The van der Waals surface area contributed by atoms with Crippen molar-refractivity contribution in [3.63, 3.8) is 0 Å². The standard InChI is InChI=1S/C18H15F3N2O3S/c1-9-3-10(2)5-12(4-9)17-16(15(8-19)26-23-17)11-6-13(20)18(14(21)7-11)27(22,24)25/h3-7H,8H2,1-2H3,(H2,22,24,25). The maximum Gasteiger partial charge on any atom is 0.243 e. The molecule has 2 aromatic carbocycles. The molecule has 0 spiro atoms. The summed E-state index contributed by atoms with van der Waals surface area (Å²) in [6, 6.07) is 6.98. The largest absolute Gasteiger partial charge is 0.357 e. The molecule has 9 heteroatoms. The minimum Gasteiger partial charge on any atom is -0.357 e. The zero-order chi connectivity index (χ0) is 19.9. The SMILES string of the molecule is Cc1cc(C)cc(-c2noc(CF)c2-c2cc(F)c(S(N)(=O)=O)c(F)c2)c1. The summed E-state index contributed by atoms with van der Waals surface area (Å²) in [4.78, 5) is -1.25. The van der Waals surface area contributed by atoms with E-state index in [1.165, 1.54) is 0 Å². The number of rotatable bonds is 4. The van der Waals surface area contributed by atoms with Crippen LogP contribution in [0.3, 0.4) is 0 Å². The summed E-state index contributed by atoms with van der Waals surface area (Å²) in [5.41, 5.74) is 2.51. The van der Waals surface area contributed by atoms with Crippen LogP contribution in [0.25, 0.3) is 22.4 Å². The van der Waals surface area contributed by atoms with Gasteiger partial charge in [0.15, 0.2) is 17.3 Å². The summed E-state index contributed by atoms with van der Waals surface area (Å²) in [7, 11) is -4.60. The van der Waals surface area contributed by atoms with E-state index in [9.17, 15) is 21.6 Å². The Morgan fingerprint density at radius 1 is 1.00 bits per heavy atom. The van der Waals surface area contributed by atoms with Gasteiger partial charge in [-0.1, -0.05) is 22.3 Å². The molecule has 1 heterocycles. The predicted octanol–water partition coefficient (Wildman–Crippen LogP) is 4.02. The molecular formula is C18H15F3N2O3S. The van der Waals surface area contributed by atoms with E-state index < -0.39 is 33.2 Å². The van der Waals surface area contributed by atoms with Crippen LogP contribution < -0.4 is 5.14 Å². The topological polar surface area (TPSA) is 86.2 Å². The number of hydrogen-bond acceptors (Lipinski definition) is 4. The Hall–Kier alpha value is -2.65. The summed E-state index contributed by atoms with van der Waals surface area (Å²) in [5.74, 6) is -3.00. The Kier molecular flexibility index (Phi) is 4.83. The molecular weight excluding hydrogens is 381 g/mol. The molecule has 1 aromatic heterocycles. The number of benzene rings is 2. The molecule has 5 nitrogen and oxygen atoms in total. The molecule has 0 fully saturated rings. The van der Waals surface area contributed by atoms with Crippen LogP contribution in [0.4, 0.5) is 13.2 Å². The van der Waals surface area contributed by atoms with Gasteiger partial charge in [0.05, 0.1) is 5.56 Å². The zero-order valence-electron chi connectivity index (χ0n) is 14.4. The lowest BCUT2D eigenvalue weighted by Gasteiger charge is -2.09. The van der Waals surface area contributed by atoms with Gasteiger partial charge in [-0.3, -0.25) is 0 Å². The summed E-state index contributed by atoms with van der Waals surface area (Å²) in [6.07, 6.45) is 0. The van der Waals surface area contributed by atoms with Crippen LogP contribution in [0.15, 0.2) is 39.8 Å². The first-order valence-electron chi connectivity index (χ1n) is 7.77. The molecule has 0 unspecified atom stereocenters. The lowest BCUT2D eigenvalue weighted by Crippen LogP contribution is -2.16. The number of nitrogens with two attached hydrogens (primary N) is 1. The number of hydrogen-bond donors (Lipinski definition) is 1. The Morgan fingerprint density at radius 2 is 1.56 bits per heavy atom. The van der Waals surface area contributed by atoms with Crippen molar-refractivity contribution in [2.45, 2.75) is 25.4 Å². The first-order valence-corrected chi connectivity index (χ1v) is 9.32. The first kappa shape index (κ1) is 19.1. The maximum atomic E-state index is 14.3. The van der Waals surface area contributed by atoms with Gasteiger partial charge in [0.2, 0.25) is 10.0 Å². The quantitative estimate of drug-likeness (QED) is 0.722. The molecule has 0 amide bonds. The number of halogens is 3. The molecule has 0 aliphatic carbocycles. The molecule has 0 saturated carbocycles. The first-order chi connectivity index (χ1) is 12.6. The molecule has 0 bridgehead atoms. The molecule has 3 rings (SSSR count). The second kappa shape index (κ2) is 6.82. The normalized spacial score (nSPS) is 11.8. The molecule has 2 N–H and O–H groups in total. The second-order valence-electron chi connectivity index (χ2n) is 6.15. The van der Waals surface area contributed by atoms with Crippen molar-refractivity contribution < 1.29 is 26.1 Å². The van der Waals surface area contributed by atoms with Crippen LogP contribution in [0.1, 0.15) is 16.9 Å². The van der Waals surface area contributed by atoms with Crippen molar-refractivity contribution in [3.8, 4) is 22.4 Å². The minimum atomic E-state index is -4.60. The van der Waals surface area contributed by atoms with Gasteiger partial charge in [-0.15, -0.1) is 0 Å². The van der Waals surface area contributed by atoms with Gasteiger partial charge >= 0.3 is 0 Å². The third-order valence-electron chi connectivity index (χ3n) is 3.95. The summed E-state index contributed by atoms with van der Waals surface area (Å²) in [5, 5.41) is 8.68. The van der Waals surface area contributed by atoms with E-state index in [4.69, 9.17) is 9.66 Å². The molecule has 27 heavy (non-hydrogen) atoms. The highest BCUT2D eigenvalue weighted by Gasteiger charge is 2.26. The number of alkyl halides is 1. The van der Waals surface area contributed by atoms with Crippen molar-refractivity contribution in [2.24, 2.45) is 5.14 Å². The molecule has 0 atom stereocenters. The lowest BCUT2D eigenvalue weighted by molar-refractivity contribution is 0.332. The minimum absolute atomic E-state index is 0.0428. The fraction of sp³-hybridized carbons (Fsp3) is 0.167. The molecule has 0 aliphatic rings. The van der Waals surface area contributed by atoms with Gasteiger partial charge in [0, 0.05) is 5.56 Å². The van der Waals surface area contributed by atoms with Gasteiger partial charge in [-0.2, -0.15) is 0 Å². The van der Waals surface area contributed by atoms with Gasteiger partial charge in [-0.25, -0.2) is 26.7 Å². The fourth-order valence-electron chi connectivity index (χ4n) is 3.00. The Labute approximate surface area is 153 Å². The van der Waals surface area contributed by atoms with Crippen LogP contribution in [-0.2, 0) is 16.7 Å². The molecule has 0 radical (unpaired) electrons. The van der Waals surface area contributed by atoms with Crippen molar-refractivity contribution in [2.75, 3.05) is 0 Å². The second-order valence-corrected chi connectivity index (χ2v) is 7.65. The van der Waals surface area contributed by atoms with Gasteiger partial charge in [0.25, 0.3) is 0 Å². The van der Waals surface area contributed by atoms with Crippen LogP contribution in [0, 0.1) is 25.5 Å². The number of primary sulfonamides is 1. The summed E-state index contributed by atoms with van der Waals surface area (Å²) in [6.45, 7) is 2.65. The predicted molar refractivity (Wildman–Crippen MR) is 93.0 cm³/mol. The van der Waals surface area contributed by atoms with Crippen LogP contribution in [0.2, 0.25) is 0 Å². The van der Waals surface area contributed by atoms with E-state index >= 15 is 0 Å². The summed E-state index contributed by atoms with van der Waals surface area (Å²) < 4.78 is 69.6. The van der Waals surface area contributed by atoms with Crippen molar-refractivity contribution in [1.82, 2.24) is 5.16 Å². The average molecular weight is 396 g/mol. The summed E-state index contributed by atoms with van der Waals surface area (Å²) >= 11 is 0. The maximum absolute atomic E-state index is 14.3.